The van der Waals surface area contributed by atoms with E-state index in [1.165, 1.54) is 5.57 Å². The molecule has 1 fully saturated rings. The molecule has 0 unspecified atom stereocenters. The van der Waals surface area contributed by atoms with Crippen LogP contribution >= 0.6 is 0 Å². The summed E-state index contributed by atoms with van der Waals surface area (Å²) in [7, 11) is 0. The third-order valence-electron chi connectivity index (χ3n) is 5.61. The second-order valence-electron chi connectivity index (χ2n) is 8.20. The summed E-state index contributed by atoms with van der Waals surface area (Å²) in [4.78, 5) is 20.2. The fourth-order valence-electron chi connectivity index (χ4n) is 3.87. The SMILES string of the molecule is CC(C)=CCN1CCC(NC(=O)c2cc(-c3ccccc3)nc3onc(C)c23)CC1. The molecule has 1 N–H and O–H groups in total. The van der Waals surface area contributed by atoms with Crippen molar-refractivity contribution in [1.82, 2.24) is 20.4 Å². The van der Waals surface area contributed by atoms with E-state index in [0.29, 0.717) is 28.1 Å². The number of fused-ring (bicyclic) bond motifs is 1. The molecule has 1 aromatic carbocycles. The van der Waals surface area contributed by atoms with Gasteiger partial charge in [0.1, 0.15) is 0 Å². The largest absolute Gasteiger partial charge is 0.349 e. The molecule has 156 valence electrons. The van der Waals surface area contributed by atoms with Crippen LogP contribution in [0.25, 0.3) is 22.4 Å². The number of piperidine rings is 1. The Morgan fingerprint density at radius 3 is 2.67 bits per heavy atom. The van der Waals surface area contributed by atoms with Gasteiger partial charge >= 0.3 is 0 Å². The molecule has 0 atom stereocenters. The second-order valence-corrected chi connectivity index (χ2v) is 8.20. The van der Waals surface area contributed by atoms with Gasteiger partial charge in [0.25, 0.3) is 11.6 Å². The number of hydrogen-bond donors (Lipinski definition) is 1. The van der Waals surface area contributed by atoms with Crippen LogP contribution in [-0.2, 0) is 0 Å². The van der Waals surface area contributed by atoms with Crippen molar-refractivity contribution in [3.63, 3.8) is 0 Å². The molecule has 2 aromatic heterocycles. The second kappa shape index (κ2) is 8.79. The lowest BCUT2D eigenvalue weighted by molar-refractivity contribution is 0.0915. The summed E-state index contributed by atoms with van der Waals surface area (Å²) in [5.41, 5.74) is 4.64. The number of carbonyl (C=O) groups excluding carboxylic acids is 1. The van der Waals surface area contributed by atoms with E-state index in [1.807, 2.05) is 43.3 Å². The summed E-state index contributed by atoms with van der Waals surface area (Å²) in [6, 6.07) is 11.8. The first-order valence-electron chi connectivity index (χ1n) is 10.5. The highest BCUT2D eigenvalue weighted by Gasteiger charge is 2.24. The molecule has 0 radical (unpaired) electrons. The fraction of sp³-hybridized carbons (Fsp3) is 0.375. The molecule has 0 saturated carbocycles. The number of amides is 1. The number of carbonyl (C=O) groups is 1. The molecule has 3 heterocycles. The number of nitrogens with one attached hydrogen (secondary N) is 1. The first-order valence-corrected chi connectivity index (χ1v) is 10.5. The van der Waals surface area contributed by atoms with Crippen LogP contribution in [0.4, 0.5) is 0 Å². The summed E-state index contributed by atoms with van der Waals surface area (Å²) in [5.74, 6) is -0.0892. The van der Waals surface area contributed by atoms with E-state index >= 15 is 0 Å². The van der Waals surface area contributed by atoms with Crippen LogP contribution in [0.1, 0.15) is 42.7 Å². The van der Waals surface area contributed by atoms with E-state index in [4.69, 9.17) is 4.52 Å². The lowest BCUT2D eigenvalue weighted by Gasteiger charge is -2.31. The van der Waals surface area contributed by atoms with Crippen LogP contribution < -0.4 is 5.32 Å². The third-order valence-corrected chi connectivity index (χ3v) is 5.61. The van der Waals surface area contributed by atoms with Crippen molar-refractivity contribution in [3.8, 4) is 11.3 Å². The molecule has 4 rings (SSSR count). The topological polar surface area (TPSA) is 71.3 Å². The number of aryl methyl sites for hydroxylation is 1. The molecule has 30 heavy (non-hydrogen) atoms. The van der Waals surface area contributed by atoms with Gasteiger partial charge in [-0.15, -0.1) is 0 Å². The van der Waals surface area contributed by atoms with Crippen molar-refractivity contribution < 1.29 is 9.32 Å². The third kappa shape index (κ3) is 4.44. The summed E-state index contributed by atoms with van der Waals surface area (Å²) < 4.78 is 5.40. The van der Waals surface area contributed by atoms with E-state index in [0.717, 1.165) is 38.0 Å². The maximum absolute atomic E-state index is 13.2. The number of hydrogen-bond acceptors (Lipinski definition) is 5. The van der Waals surface area contributed by atoms with Gasteiger partial charge in [-0.1, -0.05) is 47.1 Å². The Labute approximate surface area is 177 Å². The molecule has 1 aliphatic heterocycles. The van der Waals surface area contributed by atoms with Crippen molar-refractivity contribution in [2.24, 2.45) is 0 Å². The van der Waals surface area contributed by atoms with Gasteiger partial charge in [0, 0.05) is 31.2 Å². The Bertz CT molecular complexity index is 1060. The molecule has 1 saturated heterocycles. The van der Waals surface area contributed by atoms with E-state index in [-0.39, 0.29) is 11.9 Å². The van der Waals surface area contributed by atoms with Crippen LogP contribution in [0.15, 0.2) is 52.6 Å². The quantitative estimate of drug-likeness (QED) is 0.640. The summed E-state index contributed by atoms with van der Waals surface area (Å²) in [6.45, 7) is 9.05. The minimum absolute atomic E-state index is 0.0892. The summed E-state index contributed by atoms with van der Waals surface area (Å²) >= 11 is 0. The summed E-state index contributed by atoms with van der Waals surface area (Å²) in [5, 5.41) is 7.95. The standard InChI is InChI=1S/C24H28N4O2/c1-16(2)9-12-28-13-10-19(11-14-28)25-23(29)20-15-21(18-7-5-4-6-8-18)26-24-22(20)17(3)27-30-24/h4-9,15,19H,10-14H2,1-3H3,(H,25,29). The Balaban J connectivity index is 1.53. The van der Waals surface area contributed by atoms with Crippen molar-refractivity contribution in [3.05, 3.63) is 59.3 Å². The highest BCUT2D eigenvalue weighted by Crippen LogP contribution is 2.27. The number of likely N-dealkylation sites (tertiary alicyclic amines) is 1. The smallest absolute Gasteiger partial charge is 0.259 e. The van der Waals surface area contributed by atoms with E-state index in [2.05, 4.69) is 40.3 Å². The number of nitrogens with zero attached hydrogens (tertiary/aromatic N) is 3. The minimum Gasteiger partial charge on any atom is -0.349 e. The summed E-state index contributed by atoms with van der Waals surface area (Å²) in [6.07, 6.45) is 4.15. The molecular weight excluding hydrogens is 376 g/mol. The van der Waals surface area contributed by atoms with Gasteiger partial charge in [-0.2, -0.15) is 0 Å². The lowest BCUT2D eigenvalue weighted by atomic mass is 10.0. The average Bonchev–Trinajstić information content (AvgIpc) is 3.14. The van der Waals surface area contributed by atoms with Crippen LogP contribution in [0, 0.1) is 6.92 Å². The molecule has 6 heteroatoms. The van der Waals surface area contributed by atoms with E-state index < -0.39 is 0 Å². The average molecular weight is 405 g/mol. The predicted molar refractivity (Wildman–Crippen MR) is 118 cm³/mol. The Morgan fingerprint density at radius 1 is 1.23 bits per heavy atom. The van der Waals surface area contributed by atoms with Gasteiger partial charge < -0.3 is 9.84 Å². The zero-order chi connectivity index (χ0) is 21.1. The first kappa shape index (κ1) is 20.3. The van der Waals surface area contributed by atoms with Gasteiger partial charge in [-0.25, -0.2) is 4.98 Å². The van der Waals surface area contributed by atoms with Crippen LogP contribution in [0.5, 0.6) is 0 Å². The van der Waals surface area contributed by atoms with Crippen molar-refractivity contribution in [1.29, 1.82) is 0 Å². The zero-order valence-electron chi connectivity index (χ0n) is 17.8. The van der Waals surface area contributed by atoms with Gasteiger partial charge in [-0.3, -0.25) is 9.69 Å². The highest BCUT2D eigenvalue weighted by atomic mass is 16.5. The van der Waals surface area contributed by atoms with Gasteiger partial charge in [-0.05, 0) is 39.7 Å². The fourth-order valence-corrected chi connectivity index (χ4v) is 3.87. The first-order chi connectivity index (χ1) is 14.5. The van der Waals surface area contributed by atoms with Gasteiger partial charge in [0.2, 0.25) is 0 Å². The number of allylic oxidation sites excluding steroid dienone is 1. The van der Waals surface area contributed by atoms with E-state index in [1.54, 1.807) is 0 Å². The number of benzene rings is 1. The molecule has 1 aliphatic rings. The van der Waals surface area contributed by atoms with Gasteiger partial charge in [0.15, 0.2) is 0 Å². The highest BCUT2D eigenvalue weighted by molar-refractivity contribution is 6.07. The molecular formula is C24H28N4O2. The van der Waals surface area contributed by atoms with E-state index in [9.17, 15) is 4.79 Å². The normalized spacial score (nSPS) is 15.3. The molecule has 0 spiro atoms. The van der Waals surface area contributed by atoms with Crippen molar-refractivity contribution in [2.45, 2.75) is 39.7 Å². The zero-order valence-corrected chi connectivity index (χ0v) is 17.8. The molecule has 0 aliphatic carbocycles. The molecule has 0 bridgehead atoms. The van der Waals surface area contributed by atoms with Crippen molar-refractivity contribution >= 4 is 17.0 Å². The molecule has 3 aromatic rings. The Kier molecular flexibility index (Phi) is 5.95. The number of pyridine rings is 1. The number of rotatable bonds is 5. The minimum atomic E-state index is -0.0892. The Hall–Kier alpha value is -2.99. The lowest BCUT2D eigenvalue weighted by Crippen LogP contribution is -2.44. The predicted octanol–water partition coefficient (Wildman–Crippen LogP) is 4.36. The molecule has 1 amide bonds. The van der Waals surface area contributed by atoms with Crippen LogP contribution in [0.2, 0.25) is 0 Å². The molecule has 6 nitrogen and oxygen atoms in total. The maximum atomic E-state index is 13.2. The van der Waals surface area contributed by atoms with Gasteiger partial charge in [0.05, 0.1) is 22.3 Å². The van der Waals surface area contributed by atoms with Crippen LogP contribution in [-0.4, -0.2) is 46.6 Å². The Morgan fingerprint density at radius 2 is 1.97 bits per heavy atom. The van der Waals surface area contributed by atoms with Crippen LogP contribution in [0.3, 0.4) is 0 Å². The van der Waals surface area contributed by atoms with Crippen molar-refractivity contribution in [2.75, 3.05) is 19.6 Å². The monoisotopic (exact) mass is 404 g/mol. The maximum Gasteiger partial charge on any atom is 0.259 e. The number of aromatic nitrogens is 2.